The lowest BCUT2D eigenvalue weighted by Crippen LogP contribution is -2.13. The Hall–Kier alpha value is -1.07. The van der Waals surface area contributed by atoms with Gasteiger partial charge in [-0.25, -0.2) is 0 Å². The normalized spacial score (nSPS) is 12.2. The summed E-state index contributed by atoms with van der Waals surface area (Å²) in [5.41, 5.74) is 8.39. The maximum atomic E-state index is 6.28. The smallest absolute Gasteiger partial charge is 0.123 e. The molecule has 1 unspecified atom stereocenters. The Morgan fingerprint density at radius 1 is 1.12 bits per heavy atom. The molecule has 3 heteroatoms. The molecular formula is C14H14INO. The highest BCUT2D eigenvalue weighted by Gasteiger charge is 2.13. The quantitative estimate of drug-likeness (QED) is 0.871. The topological polar surface area (TPSA) is 35.2 Å². The van der Waals surface area contributed by atoms with Crippen molar-refractivity contribution in [1.82, 2.24) is 0 Å². The van der Waals surface area contributed by atoms with Crippen molar-refractivity contribution in [2.75, 3.05) is 7.11 Å². The van der Waals surface area contributed by atoms with E-state index in [-0.39, 0.29) is 6.04 Å². The SMILES string of the molecule is COc1ccccc1C(N)c1cccc(I)c1. The van der Waals surface area contributed by atoms with Crippen LogP contribution in [-0.2, 0) is 0 Å². The van der Waals surface area contributed by atoms with E-state index in [0.717, 1.165) is 16.9 Å². The summed E-state index contributed by atoms with van der Waals surface area (Å²) >= 11 is 2.29. The lowest BCUT2D eigenvalue weighted by atomic mass is 9.99. The molecule has 0 spiro atoms. The highest BCUT2D eigenvalue weighted by Crippen LogP contribution is 2.28. The molecule has 2 aromatic rings. The first-order chi connectivity index (χ1) is 8.22. The predicted octanol–water partition coefficient (Wildman–Crippen LogP) is 3.35. The number of benzene rings is 2. The molecule has 0 saturated carbocycles. The Morgan fingerprint density at radius 2 is 1.88 bits per heavy atom. The van der Waals surface area contributed by atoms with Crippen LogP contribution < -0.4 is 10.5 Å². The van der Waals surface area contributed by atoms with E-state index in [1.807, 2.05) is 36.4 Å². The third kappa shape index (κ3) is 2.79. The third-order valence-corrected chi connectivity index (χ3v) is 3.35. The molecule has 88 valence electrons. The van der Waals surface area contributed by atoms with Gasteiger partial charge in [-0.1, -0.05) is 30.3 Å². The maximum Gasteiger partial charge on any atom is 0.123 e. The molecule has 0 saturated heterocycles. The second-order valence-electron chi connectivity index (χ2n) is 3.77. The van der Waals surface area contributed by atoms with Crippen molar-refractivity contribution < 1.29 is 4.74 Å². The highest BCUT2D eigenvalue weighted by atomic mass is 127. The lowest BCUT2D eigenvalue weighted by Gasteiger charge is -2.16. The Morgan fingerprint density at radius 3 is 2.59 bits per heavy atom. The molecule has 0 aromatic heterocycles. The molecule has 0 fully saturated rings. The first kappa shape index (κ1) is 12.4. The molecule has 0 amide bonds. The Balaban J connectivity index is 2.40. The van der Waals surface area contributed by atoms with Crippen molar-refractivity contribution in [3.63, 3.8) is 0 Å². The van der Waals surface area contributed by atoms with E-state index in [4.69, 9.17) is 10.5 Å². The van der Waals surface area contributed by atoms with E-state index < -0.39 is 0 Å². The van der Waals surface area contributed by atoms with Crippen molar-refractivity contribution in [2.24, 2.45) is 5.73 Å². The van der Waals surface area contributed by atoms with Gasteiger partial charge in [0.2, 0.25) is 0 Å². The number of halogens is 1. The van der Waals surface area contributed by atoms with Crippen molar-refractivity contribution in [1.29, 1.82) is 0 Å². The van der Waals surface area contributed by atoms with Gasteiger partial charge >= 0.3 is 0 Å². The van der Waals surface area contributed by atoms with E-state index in [0.29, 0.717) is 0 Å². The molecule has 0 aliphatic heterocycles. The molecule has 2 aromatic carbocycles. The molecule has 2 nitrogen and oxygen atoms in total. The fraction of sp³-hybridized carbons (Fsp3) is 0.143. The summed E-state index contributed by atoms with van der Waals surface area (Å²) in [4.78, 5) is 0. The fourth-order valence-corrected chi connectivity index (χ4v) is 2.37. The van der Waals surface area contributed by atoms with Crippen LogP contribution in [-0.4, -0.2) is 7.11 Å². The van der Waals surface area contributed by atoms with Gasteiger partial charge in [-0.05, 0) is 46.4 Å². The molecule has 0 bridgehead atoms. The Kier molecular flexibility index (Phi) is 4.02. The second kappa shape index (κ2) is 5.51. The minimum absolute atomic E-state index is 0.152. The summed E-state index contributed by atoms with van der Waals surface area (Å²) in [6, 6.07) is 15.9. The fourth-order valence-electron chi connectivity index (χ4n) is 1.80. The summed E-state index contributed by atoms with van der Waals surface area (Å²) in [5.74, 6) is 0.832. The van der Waals surface area contributed by atoms with Gasteiger partial charge in [-0.15, -0.1) is 0 Å². The number of methoxy groups -OCH3 is 1. The van der Waals surface area contributed by atoms with Crippen LogP contribution in [0.15, 0.2) is 48.5 Å². The van der Waals surface area contributed by atoms with E-state index >= 15 is 0 Å². The van der Waals surface area contributed by atoms with Gasteiger partial charge in [0, 0.05) is 9.13 Å². The number of hydrogen-bond donors (Lipinski definition) is 1. The Labute approximate surface area is 115 Å². The van der Waals surface area contributed by atoms with Crippen LogP contribution in [0.5, 0.6) is 5.75 Å². The zero-order valence-electron chi connectivity index (χ0n) is 9.56. The number of ether oxygens (including phenoxy) is 1. The van der Waals surface area contributed by atoms with Gasteiger partial charge in [0.25, 0.3) is 0 Å². The summed E-state index contributed by atoms with van der Waals surface area (Å²) in [6.07, 6.45) is 0. The van der Waals surface area contributed by atoms with Crippen molar-refractivity contribution in [2.45, 2.75) is 6.04 Å². The second-order valence-corrected chi connectivity index (χ2v) is 5.02. The predicted molar refractivity (Wildman–Crippen MR) is 78.2 cm³/mol. The number of rotatable bonds is 3. The van der Waals surface area contributed by atoms with E-state index in [1.165, 1.54) is 3.57 Å². The number of para-hydroxylation sites is 1. The van der Waals surface area contributed by atoms with Crippen LogP contribution in [0.1, 0.15) is 17.2 Å². The molecule has 17 heavy (non-hydrogen) atoms. The van der Waals surface area contributed by atoms with Crippen LogP contribution in [0.4, 0.5) is 0 Å². The Bertz CT molecular complexity index is 513. The van der Waals surface area contributed by atoms with Gasteiger partial charge in [0.1, 0.15) is 5.75 Å². The van der Waals surface area contributed by atoms with Crippen LogP contribution in [0.2, 0.25) is 0 Å². The first-order valence-corrected chi connectivity index (χ1v) is 6.44. The zero-order chi connectivity index (χ0) is 12.3. The van der Waals surface area contributed by atoms with Crippen LogP contribution in [0.25, 0.3) is 0 Å². The molecular weight excluding hydrogens is 325 g/mol. The van der Waals surface area contributed by atoms with Crippen molar-refractivity contribution in [3.8, 4) is 5.75 Å². The third-order valence-electron chi connectivity index (χ3n) is 2.68. The van der Waals surface area contributed by atoms with E-state index in [2.05, 4.69) is 34.7 Å². The van der Waals surface area contributed by atoms with E-state index in [1.54, 1.807) is 7.11 Å². The molecule has 0 heterocycles. The zero-order valence-corrected chi connectivity index (χ0v) is 11.7. The largest absolute Gasteiger partial charge is 0.496 e. The van der Waals surface area contributed by atoms with Gasteiger partial charge < -0.3 is 10.5 Å². The average Bonchev–Trinajstić information content (AvgIpc) is 2.38. The van der Waals surface area contributed by atoms with Crippen LogP contribution in [0, 0.1) is 3.57 Å². The number of hydrogen-bond acceptors (Lipinski definition) is 2. The van der Waals surface area contributed by atoms with Crippen molar-refractivity contribution in [3.05, 3.63) is 63.2 Å². The maximum absolute atomic E-state index is 6.28. The minimum Gasteiger partial charge on any atom is -0.496 e. The minimum atomic E-state index is -0.152. The molecule has 0 aliphatic rings. The highest BCUT2D eigenvalue weighted by molar-refractivity contribution is 14.1. The molecule has 0 aliphatic carbocycles. The molecule has 0 radical (unpaired) electrons. The monoisotopic (exact) mass is 339 g/mol. The summed E-state index contributed by atoms with van der Waals surface area (Å²) in [7, 11) is 1.67. The summed E-state index contributed by atoms with van der Waals surface area (Å²) in [5, 5.41) is 0. The van der Waals surface area contributed by atoms with Gasteiger partial charge in [-0.2, -0.15) is 0 Å². The summed E-state index contributed by atoms with van der Waals surface area (Å²) < 4.78 is 6.52. The average molecular weight is 339 g/mol. The number of nitrogens with two attached hydrogens (primary N) is 1. The molecule has 1 atom stereocenters. The van der Waals surface area contributed by atoms with E-state index in [9.17, 15) is 0 Å². The van der Waals surface area contributed by atoms with Crippen LogP contribution >= 0.6 is 22.6 Å². The van der Waals surface area contributed by atoms with Gasteiger partial charge in [-0.3, -0.25) is 0 Å². The van der Waals surface area contributed by atoms with Crippen molar-refractivity contribution >= 4 is 22.6 Å². The standard InChI is InChI=1S/C14H14INO/c1-17-13-8-3-2-7-12(13)14(16)10-5-4-6-11(15)9-10/h2-9,14H,16H2,1H3. The molecule has 2 N–H and O–H groups in total. The molecule has 2 rings (SSSR count). The first-order valence-electron chi connectivity index (χ1n) is 5.36. The van der Waals surface area contributed by atoms with Crippen LogP contribution in [0.3, 0.4) is 0 Å². The summed E-state index contributed by atoms with van der Waals surface area (Å²) in [6.45, 7) is 0. The van der Waals surface area contributed by atoms with Gasteiger partial charge in [0.05, 0.1) is 13.2 Å². The van der Waals surface area contributed by atoms with Gasteiger partial charge in [0.15, 0.2) is 0 Å². The lowest BCUT2D eigenvalue weighted by molar-refractivity contribution is 0.408.